The molecule has 0 N–H and O–H groups in total. The number of rotatable bonds is 8. The van der Waals surface area contributed by atoms with Crippen molar-refractivity contribution < 1.29 is 28.3 Å². The number of esters is 1. The Hall–Kier alpha value is -2.12. The van der Waals surface area contributed by atoms with Gasteiger partial charge >= 0.3 is 11.7 Å². The summed E-state index contributed by atoms with van der Waals surface area (Å²) in [5.74, 6) is -1.59. The molecule has 3 atom stereocenters. The molecule has 1 fully saturated rings. The van der Waals surface area contributed by atoms with E-state index in [0.717, 1.165) is 25.3 Å². The lowest BCUT2D eigenvalue weighted by molar-refractivity contribution is -0.164. The third-order valence-electron chi connectivity index (χ3n) is 6.14. The van der Waals surface area contributed by atoms with E-state index in [1.54, 1.807) is 0 Å². The number of hydrogen-bond acceptors (Lipinski definition) is 5. The van der Waals surface area contributed by atoms with Gasteiger partial charge in [-0.25, -0.2) is 4.79 Å². The Balaban J connectivity index is 2.25. The summed E-state index contributed by atoms with van der Waals surface area (Å²) >= 11 is 0. The number of carbonyl (C=O) groups excluding carboxylic acids is 2. The smallest absolute Gasteiger partial charge is 0.441 e. The number of ether oxygens (including phenoxy) is 2. The molecule has 0 aliphatic heterocycles. The Kier molecular flexibility index (Phi) is 8.48. The molecule has 7 nitrogen and oxygen atoms in total. The summed E-state index contributed by atoms with van der Waals surface area (Å²) in [6.07, 6.45) is 0.857. The average molecular weight is 447 g/mol. The quantitative estimate of drug-likeness (QED) is 0.148. The van der Waals surface area contributed by atoms with Crippen molar-refractivity contribution in [3.63, 3.8) is 0 Å². The van der Waals surface area contributed by atoms with Crippen LogP contribution in [-0.4, -0.2) is 48.9 Å². The van der Waals surface area contributed by atoms with E-state index in [0.29, 0.717) is 13.0 Å². The van der Waals surface area contributed by atoms with Crippen molar-refractivity contribution in [3.05, 3.63) is 41.4 Å². The van der Waals surface area contributed by atoms with Crippen LogP contribution >= 0.6 is 0 Å². The van der Waals surface area contributed by atoms with Crippen LogP contribution in [0.25, 0.3) is 5.53 Å². The van der Waals surface area contributed by atoms with E-state index in [-0.39, 0.29) is 11.1 Å². The lowest BCUT2D eigenvalue weighted by atomic mass is 9.91. The fourth-order valence-corrected chi connectivity index (χ4v) is 4.62. The predicted octanol–water partition coefficient (Wildman–Crippen LogP) is 4.32. The number of benzene rings is 1. The first-order valence-corrected chi connectivity index (χ1v) is 13.6. The topological polar surface area (TPSA) is 98.2 Å². The van der Waals surface area contributed by atoms with Crippen molar-refractivity contribution in [2.45, 2.75) is 90.0 Å². The van der Waals surface area contributed by atoms with Crippen molar-refractivity contribution in [1.82, 2.24) is 0 Å². The third kappa shape index (κ3) is 6.68. The second kappa shape index (κ2) is 10.5. The zero-order chi connectivity index (χ0) is 23.2. The number of nitrogens with zero attached hydrogens (tertiary/aromatic N) is 2. The lowest BCUT2D eigenvalue weighted by Crippen LogP contribution is -2.54. The van der Waals surface area contributed by atoms with Gasteiger partial charge in [0.15, 0.2) is 8.32 Å². The van der Waals surface area contributed by atoms with Crippen LogP contribution in [0.5, 0.6) is 0 Å². The molecule has 0 bridgehead atoms. The van der Waals surface area contributed by atoms with Crippen LogP contribution in [0.1, 0.15) is 52.5 Å². The van der Waals surface area contributed by atoms with Gasteiger partial charge in [0.25, 0.3) is 0 Å². The summed E-state index contributed by atoms with van der Waals surface area (Å²) in [6, 6.07) is 9.89. The highest BCUT2D eigenvalue weighted by Gasteiger charge is 2.46. The summed E-state index contributed by atoms with van der Waals surface area (Å²) < 4.78 is 18.6. The molecule has 1 aliphatic carbocycles. The Morgan fingerprint density at radius 2 is 1.74 bits per heavy atom. The Morgan fingerprint density at radius 1 is 1.13 bits per heavy atom. The van der Waals surface area contributed by atoms with Crippen LogP contribution in [0.15, 0.2) is 30.3 Å². The fraction of sp³-hybridized carbons (Fsp3) is 0.609. The Bertz CT molecular complexity index is 828. The van der Waals surface area contributed by atoms with Crippen LogP contribution in [0.4, 0.5) is 0 Å². The van der Waals surface area contributed by atoms with Gasteiger partial charge in [0.05, 0.1) is 12.7 Å². The van der Waals surface area contributed by atoms with Gasteiger partial charge in [-0.05, 0) is 43.0 Å². The normalized spacial score (nSPS) is 21.8. The van der Waals surface area contributed by atoms with Crippen LogP contribution in [0, 0.1) is 0 Å². The second-order valence-corrected chi connectivity index (χ2v) is 14.3. The fourth-order valence-electron chi connectivity index (χ4n) is 3.29. The van der Waals surface area contributed by atoms with Crippen LogP contribution in [-0.2, 0) is 30.1 Å². The summed E-state index contributed by atoms with van der Waals surface area (Å²) in [6.45, 7) is 12.3. The lowest BCUT2D eigenvalue weighted by Gasteiger charge is -2.45. The highest BCUT2D eigenvalue weighted by atomic mass is 28.4. The zero-order valence-electron chi connectivity index (χ0n) is 19.4. The molecule has 0 heterocycles. The number of carbonyl (C=O) groups is 2. The molecule has 0 spiro atoms. The van der Waals surface area contributed by atoms with Gasteiger partial charge in [-0.3, -0.25) is 4.79 Å². The van der Waals surface area contributed by atoms with Crippen molar-refractivity contribution in [1.29, 1.82) is 0 Å². The number of hydrogen-bond donors (Lipinski definition) is 0. The molecule has 170 valence electrons. The molecule has 0 aromatic heterocycles. The van der Waals surface area contributed by atoms with E-state index in [2.05, 4.69) is 38.7 Å². The average Bonchev–Trinajstić information content (AvgIpc) is 2.68. The van der Waals surface area contributed by atoms with E-state index >= 15 is 0 Å². The van der Waals surface area contributed by atoms with Crippen molar-refractivity contribution in [3.8, 4) is 0 Å². The van der Waals surface area contributed by atoms with Gasteiger partial charge in [0.1, 0.15) is 12.2 Å². The van der Waals surface area contributed by atoms with E-state index in [1.165, 1.54) is 0 Å². The molecule has 1 aliphatic rings. The van der Waals surface area contributed by atoms with Crippen molar-refractivity contribution >= 4 is 25.8 Å². The highest BCUT2D eigenvalue weighted by Crippen LogP contribution is 2.40. The van der Waals surface area contributed by atoms with Crippen molar-refractivity contribution in [2.75, 3.05) is 0 Å². The molecule has 0 radical (unpaired) electrons. The Morgan fingerprint density at radius 3 is 2.29 bits per heavy atom. The molecule has 0 saturated heterocycles. The second-order valence-electron chi connectivity index (χ2n) is 9.56. The minimum Gasteiger partial charge on any atom is -0.451 e. The minimum absolute atomic E-state index is 0.0416. The predicted molar refractivity (Wildman–Crippen MR) is 120 cm³/mol. The van der Waals surface area contributed by atoms with Gasteiger partial charge in [0, 0.05) is 6.92 Å². The van der Waals surface area contributed by atoms with E-state index in [1.807, 2.05) is 30.3 Å². The Labute approximate surface area is 185 Å². The van der Waals surface area contributed by atoms with Gasteiger partial charge < -0.3 is 19.4 Å². The molecular weight excluding hydrogens is 412 g/mol. The van der Waals surface area contributed by atoms with E-state index < -0.39 is 38.0 Å². The van der Waals surface area contributed by atoms with E-state index in [9.17, 15) is 9.59 Å². The zero-order valence-corrected chi connectivity index (χ0v) is 20.4. The molecule has 8 heteroatoms. The molecule has 0 unspecified atom stereocenters. The van der Waals surface area contributed by atoms with Gasteiger partial charge in [-0.1, -0.05) is 51.1 Å². The van der Waals surface area contributed by atoms with Gasteiger partial charge in [0.2, 0.25) is 5.78 Å². The van der Waals surface area contributed by atoms with E-state index in [4.69, 9.17) is 19.4 Å². The maximum absolute atomic E-state index is 12.5. The number of ketones is 1. The molecule has 1 aromatic carbocycles. The first-order valence-electron chi connectivity index (χ1n) is 10.7. The summed E-state index contributed by atoms with van der Waals surface area (Å²) in [7, 11) is -2.21. The van der Waals surface area contributed by atoms with Crippen LogP contribution in [0.2, 0.25) is 18.1 Å². The van der Waals surface area contributed by atoms with Crippen molar-refractivity contribution in [2.24, 2.45) is 0 Å². The number of Topliss-reactive ketones (excluding diaryl/α,β-unsaturated/α-hetero) is 1. The standard InChI is InChI=1S/C23H34N2O5Si/c1-16(26)20(25-24)22(27)29-19-14-10-13-18(28-15-17-11-8-7-9-12-17)21(19)30-31(5,6)23(2,3)4/h7-9,11-12,18-19,21H,10,13-15H2,1-6H3/t18-,19-,21-/m1/s1. The minimum atomic E-state index is -2.21. The SMILES string of the molecule is CC(=O)C(=[N+]=[N-])C(=O)O[C@@H]1CCC[C@@H](OCc2ccccc2)[C@H]1O[Si](C)(C)C(C)(C)C. The molecule has 0 amide bonds. The molecule has 31 heavy (non-hydrogen) atoms. The maximum Gasteiger partial charge on any atom is 0.441 e. The monoisotopic (exact) mass is 446 g/mol. The molecular formula is C23H34N2O5Si. The molecule has 1 saturated carbocycles. The third-order valence-corrected chi connectivity index (χ3v) is 10.6. The first kappa shape index (κ1) is 25.1. The summed E-state index contributed by atoms with van der Waals surface area (Å²) in [4.78, 5) is 26.9. The largest absolute Gasteiger partial charge is 0.451 e. The highest BCUT2D eigenvalue weighted by molar-refractivity contribution is 6.74. The van der Waals surface area contributed by atoms with Crippen LogP contribution in [0.3, 0.4) is 0 Å². The van der Waals surface area contributed by atoms with Crippen LogP contribution < -0.4 is 0 Å². The van der Waals surface area contributed by atoms with Gasteiger partial charge in [-0.15, -0.1) is 0 Å². The molecule has 2 rings (SSSR count). The van der Waals surface area contributed by atoms with Gasteiger partial charge in [-0.2, -0.15) is 4.79 Å². The summed E-state index contributed by atoms with van der Waals surface area (Å²) in [5, 5.41) is -0.0416. The summed E-state index contributed by atoms with van der Waals surface area (Å²) in [5.41, 5.74) is 9.48. The molecule has 1 aromatic rings. The first-order chi connectivity index (χ1) is 14.5. The maximum atomic E-state index is 12.5.